The lowest BCUT2D eigenvalue weighted by Gasteiger charge is -2.28. The second-order valence-corrected chi connectivity index (χ2v) is 14.4. The number of anilines is 3. The SMILES string of the molecule is [2H]c1c([2H])c([2H])c(-c2c([2H])c([2H])c(-c3c([2H])c([2H])c(N(c4ccccc4-c4ccccc4)c4c([2H])c([2H])c(-c5ccc6c(c5)c5ccccc5n6-c5cccc(-c6ccccc6)c5)c([2H])c4[2H])c([2H])c3[2H])c([2H])c2[2H])c([2H])c1[2H]. The van der Waals surface area contributed by atoms with E-state index >= 15 is 0 Å². The van der Waals surface area contributed by atoms with Crippen molar-refractivity contribution in [2.45, 2.75) is 0 Å². The van der Waals surface area contributed by atoms with Gasteiger partial charge >= 0.3 is 0 Å². The van der Waals surface area contributed by atoms with Crippen molar-refractivity contribution in [2.75, 3.05) is 4.90 Å². The van der Waals surface area contributed by atoms with Gasteiger partial charge in [-0.15, -0.1) is 0 Å². The minimum absolute atomic E-state index is 0.0369. The number of rotatable bonds is 9. The molecule has 0 saturated carbocycles. The van der Waals surface area contributed by atoms with Crippen LogP contribution in [0.1, 0.15) is 23.3 Å². The largest absolute Gasteiger partial charge is 0.310 e. The first-order chi connectivity index (χ1) is 37.8. The van der Waals surface area contributed by atoms with E-state index in [1.807, 2.05) is 84.9 Å². The molecule has 2 heteroatoms. The summed E-state index contributed by atoms with van der Waals surface area (Å²) in [4.78, 5) is 1.16. The van der Waals surface area contributed by atoms with Gasteiger partial charge in [-0.1, -0.05) is 194 Å². The van der Waals surface area contributed by atoms with E-state index in [2.05, 4.69) is 10.6 Å². The second kappa shape index (κ2) is 16.1. The Balaban J connectivity index is 1.12. The van der Waals surface area contributed by atoms with Crippen LogP contribution >= 0.6 is 0 Å². The van der Waals surface area contributed by atoms with E-state index in [-0.39, 0.29) is 11.3 Å². The minimum atomic E-state index is -0.877. The van der Waals surface area contributed by atoms with E-state index in [0.717, 1.165) is 43.5 Å². The Morgan fingerprint density at radius 1 is 0.323 bits per heavy atom. The molecule has 0 fully saturated rings. The third-order valence-electron chi connectivity index (χ3n) is 10.7. The average Bonchev–Trinajstić information content (AvgIpc) is 3.90. The van der Waals surface area contributed by atoms with E-state index < -0.39 is 136 Å². The van der Waals surface area contributed by atoms with Crippen LogP contribution in [0.3, 0.4) is 0 Å². The molecule has 0 atom stereocenters. The summed E-state index contributed by atoms with van der Waals surface area (Å²) in [5.74, 6) is 0. The standard InChI is InChI=1S/C60H42N2/c1-4-15-43(16-5-1)45-27-29-46(30-28-45)47-31-36-52(37-32-47)61(58-25-12-10-23-55(58)49-19-8-3-9-20-49)53-38-33-48(34-39-53)51-35-40-60-57(42-51)56-24-11-13-26-59(56)62(60)54-22-14-21-50(41-54)44-17-6-2-7-18-44/h1-42H/i1D,4D,5D,15D,16D,27D,28D,29D,30D,31D,32D,33D,34D,36D,37D,38D,39D. The Morgan fingerprint density at radius 2 is 0.823 bits per heavy atom. The molecule has 0 N–H and O–H groups in total. The van der Waals surface area contributed by atoms with Gasteiger partial charge in [-0.2, -0.15) is 0 Å². The topological polar surface area (TPSA) is 8.17 Å². The number of hydrogen-bond donors (Lipinski definition) is 0. The first-order valence-corrected chi connectivity index (χ1v) is 19.9. The molecule has 0 unspecified atom stereocenters. The van der Waals surface area contributed by atoms with Crippen LogP contribution in [0, 0.1) is 0 Å². The number of benzene rings is 10. The molecule has 0 aliphatic rings. The zero-order chi connectivity index (χ0) is 56.0. The molecule has 0 radical (unpaired) electrons. The molecule has 0 aliphatic heterocycles. The van der Waals surface area contributed by atoms with E-state index in [1.54, 1.807) is 60.7 Å². The Bertz CT molecular complexity index is 4230. The molecule has 10 aromatic carbocycles. The highest BCUT2D eigenvalue weighted by Gasteiger charge is 2.19. The molecule has 1 heterocycles. The van der Waals surface area contributed by atoms with Gasteiger partial charge in [0, 0.05) is 33.4 Å². The maximum absolute atomic E-state index is 9.81. The smallest absolute Gasteiger partial charge is 0.0645 e. The first-order valence-electron chi connectivity index (χ1n) is 28.4. The molecule has 0 spiro atoms. The summed E-state index contributed by atoms with van der Waals surface area (Å²) in [6.45, 7) is 0. The number of nitrogens with zero attached hydrogens (tertiary/aromatic N) is 2. The van der Waals surface area contributed by atoms with Crippen molar-refractivity contribution in [1.29, 1.82) is 0 Å². The quantitative estimate of drug-likeness (QED) is 0.141. The van der Waals surface area contributed by atoms with Crippen molar-refractivity contribution in [3.05, 3.63) is 254 Å². The highest BCUT2D eigenvalue weighted by Crippen LogP contribution is 2.43. The van der Waals surface area contributed by atoms with Crippen LogP contribution in [0.2, 0.25) is 0 Å². The molecule has 2 nitrogen and oxygen atoms in total. The van der Waals surface area contributed by atoms with Crippen LogP contribution in [0.4, 0.5) is 17.1 Å². The lowest BCUT2D eigenvalue weighted by molar-refractivity contribution is 1.18. The molecule has 292 valence electrons. The fourth-order valence-electron chi connectivity index (χ4n) is 7.79. The Hall–Kier alpha value is -8.20. The maximum Gasteiger partial charge on any atom is 0.0645 e. The van der Waals surface area contributed by atoms with Gasteiger partial charge in [0.15, 0.2) is 0 Å². The summed E-state index contributed by atoms with van der Waals surface area (Å²) >= 11 is 0. The third kappa shape index (κ3) is 6.94. The summed E-state index contributed by atoms with van der Waals surface area (Å²) in [6, 6.07) is 34.4. The molecule has 62 heavy (non-hydrogen) atoms. The van der Waals surface area contributed by atoms with Gasteiger partial charge in [-0.05, 0) is 111 Å². The Labute approximate surface area is 386 Å². The summed E-state index contributed by atoms with van der Waals surface area (Å²) in [5, 5.41) is 1.66. The Kier molecular flexibility index (Phi) is 5.97. The van der Waals surface area contributed by atoms with E-state index in [0.29, 0.717) is 16.7 Å². The number of para-hydroxylation sites is 2. The van der Waals surface area contributed by atoms with Gasteiger partial charge < -0.3 is 9.47 Å². The minimum Gasteiger partial charge on any atom is -0.310 e. The summed E-state index contributed by atoms with van der Waals surface area (Å²) in [7, 11) is 0. The Morgan fingerprint density at radius 3 is 1.50 bits per heavy atom. The molecule has 0 saturated heterocycles. The van der Waals surface area contributed by atoms with Gasteiger partial charge in [-0.25, -0.2) is 0 Å². The monoisotopic (exact) mass is 807 g/mol. The third-order valence-corrected chi connectivity index (χ3v) is 10.7. The second-order valence-electron chi connectivity index (χ2n) is 14.4. The fraction of sp³-hybridized carbons (Fsp3) is 0. The number of fused-ring (bicyclic) bond motifs is 3. The lowest BCUT2D eigenvalue weighted by atomic mass is 9.99. The van der Waals surface area contributed by atoms with Gasteiger partial charge in [0.25, 0.3) is 0 Å². The molecule has 1 aromatic heterocycles. The van der Waals surface area contributed by atoms with Crippen LogP contribution in [-0.2, 0) is 0 Å². The highest BCUT2D eigenvalue weighted by atomic mass is 15.1. The van der Waals surface area contributed by atoms with Crippen LogP contribution in [0.25, 0.3) is 83.1 Å². The number of aromatic nitrogens is 1. The number of hydrogen-bond acceptors (Lipinski definition) is 1. The van der Waals surface area contributed by atoms with E-state index in [9.17, 15) is 11.0 Å². The predicted molar refractivity (Wildman–Crippen MR) is 263 cm³/mol. The summed E-state index contributed by atoms with van der Waals surface area (Å²) in [5.41, 5.74) is 2.76. The molecule has 11 aromatic rings. The molecule has 11 rings (SSSR count). The van der Waals surface area contributed by atoms with E-state index in [4.69, 9.17) is 12.3 Å². The zero-order valence-electron chi connectivity index (χ0n) is 49.8. The fourth-order valence-corrected chi connectivity index (χ4v) is 7.79. The van der Waals surface area contributed by atoms with Crippen LogP contribution < -0.4 is 4.90 Å². The van der Waals surface area contributed by atoms with Crippen molar-refractivity contribution in [3.8, 4) is 61.3 Å². The summed E-state index contributed by atoms with van der Waals surface area (Å²) in [6.07, 6.45) is 0. The molecule has 0 amide bonds. The van der Waals surface area contributed by atoms with E-state index in [1.165, 1.54) is 0 Å². The van der Waals surface area contributed by atoms with Crippen LogP contribution in [0.5, 0.6) is 0 Å². The molecular formula is C60H42N2. The average molecular weight is 808 g/mol. The maximum atomic E-state index is 9.81. The summed E-state index contributed by atoms with van der Waals surface area (Å²) < 4.78 is 157. The van der Waals surface area contributed by atoms with Gasteiger partial charge in [0.2, 0.25) is 0 Å². The van der Waals surface area contributed by atoms with Crippen molar-refractivity contribution < 1.29 is 23.3 Å². The van der Waals surface area contributed by atoms with Gasteiger partial charge in [0.1, 0.15) is 0 Å². The lowest BCUT2D eigenvalue weighted by Crippen LogP contribution is -2.11. The predicted octanol–water partition coefficient (Wildman–Crippen LogP) is 16.6. The normalized spacial score (nSPS) is 15.1. The van der Waals surface area contributed by atoms with Crippen LogP contribution in [-0.4, -0.2) is 4.57 Å². The molecule has 0 bridgehead atoms. The van der Waals surface area contributed by atoms with Gasteiger partial charge in [-0.3, -0.25) is 0 Å². The van der Waals surface area contributed by atoms with Crippen molar-refractivity contribution in [2.24, 2.45) is 0 Å². The van der Waals surface area contributed by atoms with Crippen molar-refractivity contribution >= 4 is 38.9 Å². The zero-order valence-corrected chi connectivity index (χ0v) is 32.8. The molecular weight excluding hydrogens is 749 g/mol. The molecule has 0 aliphatic carbocycles. The van der Waals surface area contributed by atoms with Crippen molar-refractivity contribution in [3.63, 3.8) is 0 Å². The van der Waals surface area contributed by atoms with Gasteiger partial charge in [0.05, 0.1) is 40.0 Å². The van der Waals surface area contributed by atoms with Crippen molar-refractivity contribution in [1.82, 2.24) is 4.57 Å². The highest BCUT2D eigenvalue weighted by molar-refractivity contribution is 6.10. The van der Waals surface area contributed by atoms with Crippen LogP contribution in [0.15, 0.2) is 254 Å². The first kappa shape index (κ1) is 23.0.